The van der Waals surface area contributed by atoms with Crippen molar-refractivity contribution in [3.05, 3.63) is 204 Å². The number of fused-ring (bicyclic) bond motifs is 9. The Balaban J connectivity index is 1.04. The van der Waals surface area contributed by atoms with Gasteiger partial charge in [0.25, 0.3) is 0 Å². The predicted molar refractivity (Wildman–Crippen MR) is 229 cm³/mol. The first kappa shape index (κ1) is 32.9. The van der Waals surface area contributed by atoms with E-state index in [1.54, 1.807) is 0 Å². The first-order chi connectivity index (χ1) is 27.3. The zero-order valence-electron chi connectivity index (χ0n) is 30.8. The van der Waals surface area contributed by atoms with Gasteiger partial charge < -0.3 is 14.5 Å². The highest BCUT2D eigenvalue weighted by molar-refractivity contribution is 6.13. The molecular formula is C50H41N5. The molecule has 10 rings (SSSR count). The number of nitrogens with zero attached hydrogens (tertiary/aromatic N) is 3. The molecule has 0 bridgehead atoms. The summed E-state index contributed by atoms with van der Waals surface area (Å²) in [7, 11) is 1.95. The van der Waals surface area contributed by atoms with Crippen molar-refractivity contribution < 1.29 is 0 Å². The predicted octanol–water partition coefficient (Wildman–Crippen LogP) is 10.9. The van der Waals surface area contributed by atoms with Crippen LogP contribution in [-0.2, 0) is 19.4 Å². The molecule has 9 aromatic rings. The fourth-order valence-corrected chi connectivity index (χ4v) is 8.67. The van der Waals surface area contributed by atoms with Crippen molar-refractivity contribution >= 4 is 38.5 Å². The molecule has 0 amide bonds. The molecule has 2 aromatic heterocycles. The van der Waals surface area contributed by atoms with E-state index in [-0.39, 0.29) is 6.17 Å². The molecule has 2 N–H and O–H groups in total. The number of aliphatic imine (C=N–C) groups is 1. The molecule has 1 aliphatic rings. The molecule has 1 atom stereocenters. The van der Waals surface area contributed by atoms with Crippen LogP contribution in [0.2, 0.25) is 0 Å². The average Bonchev–Trinajstić information content (AvgIpc) is 3.78. The summed E-state index contributed by atoms with van der Waals surface area (Å²) in [6.45, 7) is 0.649. The van der Waals surface area contributed by atoms with Gasteiger partial charge in [-0.3, -0.25) is 5.32 Å². The van der Waals surface area contributed by atoms with Crippen LogP contribution in [0, 0.1) is 0 Å². The van der Waals surface area contributed by atoms with E-state index in [4.69, 9.17) is 4.99 Å². The van der Waals surface area contributed by atoms with Gasteiger partial charge in [-0.15, -0.1) is 0 Å². The van der Waals surface area contributed by atoms with Crippen LogP contribution >= 0.6 is 0 Å². The van der Waals surface area contributed by atoms with E-state index in [9.17, 15) is 0 Å². The summed E-state index contributed by atoms with van der Waals surface area (Å²) >= 11 is 0. The highest BCUT2D eigenvalue weighted by Gasteiger charge is 2.28. The van der Waals surface area contributed by atoms with Gasteiger partial charge in [0.1, 0.15) is 12.0 Å². The average molecular weight is 712 g/mol. The maximum absolute atomic E-state index is 5.16. The lowest BCUT2D eigenvalue weighted by Crippen LogP contribution is -2.27. The Bertz CT molecular complexity index is 2830. The number of amidine groups is 1. The normalized spacial score (nSPS) is 13.2. The SMILES string of the molecule is CNC(/N=C(\NCc1ccc(-n2c3c(c4ccccc42)CCc2c-3ccc3c2c2ccccc2n3-c2ccccc2)cc1)c1ccccc1)c1ccccc1. The van der Waals surface area contributed by atoms with Gasteiger partial charge in [-0.05, 0) is 84.6 Å². The van der Waals surface area contributed by atoms with Crippen LogP contribution in [0.5, 0.6) is 0 Å². The monoisotopic (exact) mass is 711 g/mol. The van der Waals surface area contributed by atoms with Crippen LogP contribution in [0.15, 0.2) is 181 Å². The highest BCUT2D eigenvalue weighted by atomic mass is 15.1. The second kappa shape index (κ2) is 13.9. The molecule has 7 aromatic carbocycles. The number of benzene rings is 7. The third-order valence-corrected chi connectivity index (χ3v) is 11.2. The lowest BCUT2D eigenvalue weighted by molar-refractivity contribution is 0.620. The molecule has 5 heteroatoms. The van der Waals surface area contributed by atoms with Crippen molar-refractivity contribution in [2.24, 2.45) is 4.99 Å². The van der Waals surface area contributed by atoms with Crippen LogP contribution in [-0.4, -0.2) is 22.0 Å². The molecular weight excluding hydrogens is 671 g/mol. The Labute approximate surface area is 321 Å². The molecule has 2 heterocycles. The fourth-order valence-electron chi connectivity index (χ4n) is 8.67. The molecule has 1 aliphatic carbocycles. The zero-order valence-corrected chi connectivity index (χ0v) is 30.8. The topological polar surface area (TPSA) is 46.3 Å². The van der Waals surface area contributed by atoms with Gasteiger partial charge in [0.2, 0.25) is 0 Å². The van der Waals surface area contributed by atoms with Crippen molar-refractivity contribution in [2.45, 2.75) is 25.6 Å². The Hall–Kier alpha value is -6.69. The molecule has 266 valence electrons. The number of hydrogen-bond donors (Lipinski definition) is 2. The summed E-state index contributed by atoms with van der Waals surface area (Å²) in [6, 6.07) is 63.1. The quantitative estimate of drug-likeness (QED) is 0.122. The maximum Gasteiger partial charge on any atom is 0.130 e. The van der Waals surface area contributed by atoms with E-state index in [1.807, 2.05) is 19.2 Å². The van der Waals surface area contributed by atoms with E-state index in [0.717, 1.165) is 35.5 Å². The van der Waals surface area contributed by atoms with Gasteiger partial charge in [0.05, 0.1) is 22.2 Å². The minimum Gasteiger partial charge on any atom is -0.366 e. The first-order valence-corrected chi connectivity index (χ1v) is 19.2. The summed E-state index contributed by atoms with van der Waals surface area (Å²) in [5, 5.41) is 11.1. The molecule has 0 saturated carbocycles. The van der Waals surface area contributed by atoms with E-state index >= 15 is 0 Å². The van der Waals surface area contributed by atoms with Crippen molar-refractivity contribution in [2.75, 3.05) is 7.05 Å². The lowest BCUT2D eigenvalue weighted by Gasteiger charge is -2.22. The van der Waals surface area contributed by atoms with Gasteiger partial charge in [0, 0.05) is 45.2 Å². The largest absolute Gasteiger partial charge is 0.366 e. The second-order valence-electron chi connectivity index (χ2n) is 14.3. The number of para-hydroxylation sites is 3. The number of hydrogen-bond acceptors (Lipinski definition) is 2. The van der Waals surface area contributed by atoms with Crippen molar-refractivity contribution in [1.82, 2.24) is 19.8 Å². The molecule has 0 fully saturated rings. The third kappa shape index (κ3) is 5.72. The summed E-state index contributed by atoms with van der Waals surface area (Å²) in [5.74, 6) is 0.856. The second-order valence-corrected chi connectivity index (χ2v) is 14.3. The van der Waals surface area contributed by atoms with Crippen molar-refractivity contribution in [3.63, 3.8) is 0 Å². The summed E-state index contributed by atoms with van der Waals surface area (Å²) in [6.07, 6.45) is 1.84. The van der Waals surface area contributed by atoms with Gasteiger partial charge in [-0.1, -0.05) is 133 Å². The number of nitrogens with one attached hydrogen (secondary N) is 2. The number of aryl methyl sites for hydroxylation is 2. The Morgan fingerprint density at radius 2 is 1.16 bits per heavy atom. The summed E-state index contributed by atoms with van der Waals surface area (Å²) < 4.78 is 4.92. The fraction of sp³-hybridized carbons (Fsp3) is 0.100. The minimum absolute atomic E-state index is 0.168. The highest BCUT2D eigenvalue weighted by Crippen LogP contribution is 2.46. The number of aromatic nitrogens is 2. The van der Waals surface area contributed by atoms with Gasteiger partial charge in [0.15, 0.2) is 0 Å². The molecule has 0 spiro atoms. The van der Waals surface area contributed by atoms with Gasteiger partial charge >= 0.3 is 0 Å². The standard InChI is InChI=1S/C50H41N5/c1-51-49(35-15-5-2-6-16-35)53-50(36-17-7-3-8-18-36)52-33-34-25-27-38(28-26-34)55-44-23-13-11-21-39(44)41-30-29-40-42(48(41)55)31-32-46-47(40)43-22-12-14-24-45(43)54(46)37-19-9-4-10-20-37/h2-28,31-32,49,51H,29-30,33H2,1H3,(H,52,53). The smallest absolute Gasteiger partial charge is 0.130 e. The van der Waals surface area contributed by atoms with Crippen molar-refractivity contribution in [1.29, 1.82) is 0 Å². The van der Waals surface area contributed by atoms with Gasteiger partial charge in [-0.2, -0.15) is 0 Å². The molecule has 5 nitrogen and oxygen atoms in total. The van der Waals surface area contributed by atoms with E-state index in [1.165, 1.54) is 66.3 Å². The van der Waals surface area contributed by atoms with Gasteiger partial charge in [-0.25, -0.2) is 4.99 Å². The van der Waals surface area contributed by atoms with Crippen LogP contribution in [0.3, 0.4) is 0 Å². The Kier molecular flexibility index (Phi) is 8.34. The summed E-state index contributed by atoms with van der Waals surface area (Å²) in [5.41, 5.74) is 15.0. The molecule has 1 unspecified atom stereocenters. The minimum atomic E-state index is -0.168. The Morgan fingerprint density at radius 1 is 0.564 bits per heavy atom. The van der Waals surface area contributed by atoms with E-state index < -0.39 is 0 Å². The third-order valence-electron chi connectivity index (χ3n) is 11.2. The molecule has 0 saturated heterocycles. The summed E-state index contributed by atoms with van der Waals surface area (Å²) in [4.78, 5) is 5.16. The van der Waals surface area contributed by atoms with Crippen LogP contribution in [0.4, 0.5) is 0 Å². The number of rotatable bonds is 8. The van der Waals surface area contributed by atoms with Crippen LogP contribution in [0.25, 0.3) is 55.3 Å². The molecule has 0 radical (unpaired) electrons. The van der Waals surface area contributed by atoms with E-state index in [0.29, 0.717) is 6.54 Å². The van der Waals surface area contributed by atoms with Crippen molar-refractivity contribution in [3.8, 4) is 22.6 Å². The zero-order chi connectivity index (χ0) is 36.7. The lowest BCUT2D eigenvalue weighted by atomic mass is 9.86. The maximum atomic E-state index is 5.16. The van der Waals surface area contributed by atoms with Crippen LogP contribution < -0.4 is 10.6 Å². The first-order valence-electron chi connectivity index (χ1n) is 19.2. The molecule has 0 aliphatic heterocycles. The Morgan fingerprint density at radius 3 is 1.89 bits per heavy atom. The van der Waals surface area contributed by atoms with E-state index in [2.05, 4.69) is 184 Å². The molecule has 55 heavy (non-hydrogen) atoms. The van der Waals surface area contributed by atoms with Crippen LogP contribution in [0.1, 0.15) is 34.0 Å².